The molecule has 14 heavy (non-hydrogen) atoms. The normalized spacial score (nSPS) is 10.2. The smallest absolute Gasteiger partial charge is 0.137 e. The van der Waals surface area contributed by atoms with Crippen molar-refractivity contribution in [1.82, 2.24) is 0 Å². The lowest BCUT2D eigenvalue weighted by atomic mass is 10.0. The molecule has 1 rings (SSSR count). The van der Waals surface area contributed by atoms with Crippen LogP contribution in [0, 0.1) is 0 Å². The zero-order valence-electron chi connectivity index (χ0n) is 9.05. The highest BCUT2D eigenvalue weighted by Crippen LogP contribution is 2.19. The summed E-state index contributed by atoms with van der Waals surface area (Å²) < 4.78 is 5.26. The van der Waals surface area contributed by atoms with Gasteiger partial charge >= 0.3 is 0 Å². The molecule has 0 amide bonds. The Labute approximate surface area is 86.1 Å². The average Bonchev–Trinajstić information content (AvgIpc) is 2.21. The molecule has 0 bridgehead atoms. The zero-order chi connectivity index (χ0) is 10.4. The summed E-state index contributed by atoms with van der Waals surface area (Å²) in [5.74, 6) is 0.879. The minimum absolute atomic E-state index is 0.246. The van der Waals surface area contributed by atoms with Crippen molar-refractivity contribution in [1.29, 1.82) is 0 Å². The maximum atomic E-state index is 5.33. The molecule has 0 heterocycles. The third kappa shape index (κ3) is 2.74. The Kier molecular flexibility index (Phi) is 4.47. The minimum atomic E-state index is 0.246. The Morgan fingerprint density at radius 1 is 1.21 bits per heavy atom. The van der Waals surface area contributed by atoms with Crippen molar-refractivity contribution in [2.24, 2.45) is 5.73 Å². The molecule has 0 fully saturated rings. The SMILES string of the molecule is CCCc1ccc(OCN)cc1CC. The third-order valence-electron chi connectivity index (χ3n) is 2.33. The Bertz CT molecular complexity index is 284. The van der Waals surface area contributed by atoms with Gasteiger partial charge in [0.15, 0.2) is 0 Å². The number of ether oxygens (including phenoxy) is 1. The van der Waals surface area contributed by atoms with Gasteiger partial charge in [-0.1, -0.05) is 26.3 Å². The number of hydrogen-bond donors (Lipinski definition) is 1. The van der Waals surface area contributed by atoms with E-state index in [2.05, 4.69) is 26.0 Å². The van der Waals surface area contributed by atoms with Gasteiger partial charge in [0.05, 0.1) is 0 Å². The van der Waals surface area contributed by atoms with Crippen molar-refractivity contribution < 1.29 is 4.74 Å². The molecule has 1 aromatic rings. The van der Waals surface area contributed by atoms with E-state index in [0.29, 0.717) is 0 Å². The Morgan fingerprint density at radius 2 is 2.00 bits per heavy atom. The first-order chi connectivity index (χ1) is 6.81. The molecule has 0 radical (unpaired) electrons. The molecule has 2 N–H and O–H groups in total. The molecule has 0 atom stereocenters. The lowest BCUT2D eigenvalue weighted by Gasteiger charge is -2.09. The summed E-state index contributed by atoms with van der Waals surface area (Å²) in [5, 5.41) is 0. The van der Waals surface area contributed by atoms with Crippen molar-refractivity contribution in [3.05, 3.63) is 29.3 Å². The van der Waals surface area contributed by atoms with Crippen LogP contribution in [0.4, 0.5) is 0 Å². The lowest BCUT2D eigenvalue weighted by molar-refractivity contribution is 0.329. The Morgan fingerprint density at radius 3 is 2.57 bits per heavy atom. The van der Waals surface area contributed by atoms with Crippen LogP contribution in [0.25, 0.3) is 0 Å². The first-order valence-corrected chi connectivity index (χ1v) is 5.26. The number of nitrogens with two attached hydrogens (primary N) is 1. The van der Waals surface area contributed by atoms with Crippen LogP contribution in [-0.4, -0.2) is 6.73 Å². The van der Waals surface area contributed by atoms with E-state index in [-0.39, 0.29) is 6.73 Å². The fourth-order valence-corrected chi connectivity index (χ4v) is 1.63. The van der Waals surface area contributed by atoms with Gasteiger partial charge in [-0.05, 0) is 36.1 Å². The summed E-state index contributed by atoms with van der Waals surface area (Å²) in [5.41, 5.74) is 8.13. The molecule has 1 aromatic carbocycles. The zero-order valence-corrected chi connectivity index (χ0v) is 9.05. The summed E-state index contributed by atoms with van der Waals surface area (Å²) in [6.45, 7) is 4.61. The molecule has 0 unspecified atom stereocenters. The molecule has 0 saturated heterocycles. The second-order valence-corrected chi connectivity index (χ2v) is 3.35. The van der Waals surface area contributed by atoms with Gasteiger partial charge in [0.25, 0.3) is 0 Å². The van der Waals surface area contributed by atoms with E-state index >= 15 is 0 Å². The molecule has 2 nitrogen and oxygen atoms in total. The fourth-order valence-electron chi connectivity index (χ4n) is 1.63. The second kappa shape index (κ2) is 5.66. The van der Waals surface area contributed by atoms with E-state index < -0.39 is 0 Å². The summed E-state index contributed by atoms with van der Waals surface area (Å²) in [6, 6.07) is 6.24. The highest BCUT2D eigenvalue weighted by Gasteiger charge is 2.01. The van der Waals surface area contributed by atoms with Crippen molar-refractivity contribution in [3.8, 4) is 5.75 Å². The molecule has 0 aliphatic rings. The van der Waals surface area contributed by atoms with Gasteiger partial charge in [-0.15, -0.1) is 0 Å². The molecular formula is C12H19NO. The predicted octanol–water partition coefficient (Wildman–Crippen LogP) is 2.50. The van der Waals surface area contributed by atoms with E-state index in [1.165, 1.54) is 17.5 Å². The average molecular weight is 193 g/mol. The van der Waals surface area contributed by atoms with E-state index in [1.807, 2.05) is 6.07 Å². The molecule has 0 saturated carbocycles. The van der Waals surface area contributed by atoms with Gasteiger partial charge in [0.2, 0.25) is 0 Å². The molecular weight excluding hydrogens is 174 g/mol. The molecule has 0 aromatic heterocycles. The maximum Gasteiger partial charge on any atom is 0.137 e. The number of benzene rings is 1. The highest BCUT2D eigenvalue weighted by molar-refractivity contribution is 5.35. The Hall–Kier alpha value is -1.02. The van der Waals surface area contributed by atoms with Crippen LogP contribution >= 0.6 is 0 Å². The van der Waals surface area contributed by atoms with Gasteiger partial charge in [0.1, 0.15) is 12.5 Å². The van der Waals surface area contributed by atoms with Gasteiger partial charge in [-0.3, -0.25) is 5.73 Å². The minimum Gasteiger partial charge on any atom is -0.479 e. The molecule has 2 heteroatoms. The van der Waals surface area contributed by atoms with Crippen molar-refractivity contribution >= 4 is 0 Å². The molecule has 78 valence electrons. The first kappa shape index (κ1) is 11.1. The number of hydrogen-bond acceptors (Lipinski definition) is 2. The van der Waals surface area contributed by atoms with Crippen LogP contribution in [0.2, 0.25) is 0 Å². The molecule has 0 aliphatic carbocycles. The van der Waals surface area contributed by atoms with E-state index in [1.54, 1.807) is 0 Å². The van der Waals surface area contributed by atoms with Crippen LogP contribution in [0.15, 0.2) is 18.2 Å². The predicted molar refractivity (Wildman–Crippen MR) is 59.5 cm³/mol. The van der Waals surface area contributed by atoms with Crippen molar-refractivity contribution in [2.45, 2.75) is 33.1 Å². The second-order valence-electron chi connectivity index (χ2n) is 3.35. The van der Waals surface area contributed by atoms with Crippen LogP contribution < -0.4 is 10.5 Å². The largest absolute Gasteiger partial charge is 0.479 e. The van der Waals surface area contributed by atoms with E-state index in [0.717, 1.165) is 18.6 Å². The summed E-state index contributed by atoms with van der Waals surface area (Å²) in [4.78, 5) is 0. The first-order valence-electron chi connectivity index (χ1n) is 5.26. The summed E-state index contributed by atoms with van der Waals surface area (Å²) in [7, 11) is 0. The quantitative estimate of drug-likeness (QED) is 0.729. The number of rotatable bonds is 5. The maximum absolute atomic E-state index is 5.33. The third-order valence-corrected chi connectivity index (χ3v) is 2.33. The molecule has 0 aliphatic heterocycles. The van der Waals surface area contributed by atoms with Crippen LogP contribution in [0.1, 0.15) is 31.4 Å². The van der Waals surface area contributed by atoms with E-state index in [4.69, 9.17) is 10.5 Å². The van der Waals surface area contributed by atoms with Crippen molar-refractivity contribution in [3.63, 3.8) is 0 Å². The van der Waals surface area contributed by atoms with Gasteiger partial charge in [-0.25, -0.2) is 0 Å². The summed E-state index contributed by atoms with van der Waals surface area (Å²) >= 11 is 0. The van der Waals surface area contributed by atoms with Gasteiger partial charge in [0, 0.05) is 0 Å². The van der Waals surface area contributed by atoms with Crippen molar-refractivity contribution in [2.75, 3.05) is 6.73 Å². The standard InChI is InChI=1S/C12H19NO/c1-3-5-11-6-7-12(14-9-13)8-10(11)4-2/h6-8H,3-5,9,13H2,1-2H3. The number of aryl methyl sites for hydroxylation is 2. The van der Waals surface area contributed by atoms with E-state index in [9.17, 15) is 0 Å². The van der Waals surface area contributed by atoms with Gasteiger partial charge < -0.3 is 4.74 Å². The fraction of sp³-hybridized carbons (Fsp3) is 0.500. The van der Waals surface area contributed by atoms with Crippen LogP contribution in [0.3, 0.4) is 0 Å². The Balaban J connectivity index is 2.87. The lowest BCUT2D eigenvalue weighted by Crippen LogP contribution is -2.07. The van der Waals surface area contributed by atoms with Crippen LogP contribution in [-0.2, 0) is 12.8 Å². The monoisotopic (exact) mass is 193 g/mol. The van der Waals surface area contributed by atoms with Gasteiger partial charge in [-0.2, -0.15) is 0 Å². The summed E-state index contributed by atoms with van der Waals surface area (Å²) in [6.07, 6.45) is 3.38. The topological polar surface area (TPSA) is 35.2 Å². The highest BCUT2D eigenvalue weighted by atomic mass is 16.5. The molecule has 0 spiro atoms. The van der Waals surface area contributed by atoms with Crippen LogP contribution in [0.5, 0.6) is 5.75 Å².